The molecule has 2 N–H and O–H groups in total. The molecule has 0 atom stereocenters. The fraction of sp³-hybridized carbons (Fsp3) is 0.455. The fourth-order valence-electron chi connectivity index (χ4n) is 3.60. The standard InChI is InChI=1S/C22H26Cl2N4O5/c23-9-11-32-21(30)25-17-7-5-15(6-8-17)13-20(29)26-19-14-18(16-3-1-2-4-16)27-28(19)22(31)33-12-10-24/h5-8,14,16H,1-4,9-13H2,(H,25,30)(H,26,29). The van der Waals surface area contributed by atoms with Crippen molar-refractivity contribution in [2.75, 3.05) is 35.6 Å². The Kier molecular flexibility index (Phi) is 9.38. The molecule has 0 unspecified atom stereocenters. The number of benzene rings is 1. The Morgan fingerprint density at radius 2 is 1.67 bits per heavy atom. The SMILES string of the molecule is O=C(Cc1ccc(NC(=O)OCCCl)cc1)Nc1cc(C2CCCC2)nn1C(=O)OCCCl. The van der Waals surface area contributed by atoms with Crippen molar-refractivity contribution < 1.29 is 23.9 Å². The minimum Gasteiger partial charge on any atom is -0.448 e. The van der Waals surface area contributed by atoms with Crippen LogP contribution in [0.4, 0.5) is 21.1 Å². The molecule has 1 aliphatic rings. The maximum absolute atomic E-state index is 12.7. The van der Waals surface area contributed by atoms with E-state index in [0.717, 1.165) is 41.6 Å². The molecule has 1 fully saturated rings. The number of aromatic nitrogens is 2. The predicted octanol–water partition coefficient (Wildman–Crippen LogP) is 4.73. The second kappa shape index (κ2) is 12.5. The lowest BCUT2D eigenvalue weighted by Gasteiger charge is -2.09. The second-order valence-corrected chi connectivity index (χ2v) is 8.28. The summed E-state index contributed by atoms with van der Waals surface area (Å²) >= 11 is 11.1. The van der Waals surface area contributed by atoms with Crippen molar-refractivity contribution in [1.82, 2.24) is 9.78 Å². The van der Waals surface area contributed by atoms with Gasteiger partial charge in [-0.25, -0.2) is 9.59 Å². The molecule has 1 saturated carbocycles. The Balaban J connectivity index is 1.63. The first-order valence-electron chi connectivity index (χ1n) is 10.7. The van der Waals surface area contributed by atoms with Gasteiger partial charge in [0.1, 0.15) is 19.0 Å². The van der Waals surface area contributed by atoms with E-state index in [1.165, 1.54) is 0 Å². The number of alkyl halides is 2. The highest BCUT2D eigenvalue weighted by molar-refractivity contribution is 6.18. The Labute approximate surface area is 201 Å². The van der Waals surface area contributed by atoms with E-state index in [2.05, 4.69) is 15.7 Å². The van der Waals surface area contributed by atoms with Crippen LogP contribution in [0.15, 0.2) is 30.3 Å². The largest absolute Gasteiger partial charge is 0.448 e. The number of nitrogens with one attached hydrogen (secondary N) is 2. The highest BCUT2D eigenvalue weighted by Gasteiger charge is 2.24. The van der Waals surface area contributed by atoms with Crippen molar-refractivity contribution in [3.05, 3.63) is 41.6 Å². The van der Waals surface area contributed by atoms with Gasteiger partial charge >= 0.3 is 12.2 Å². The molecule has 0 saturated heterocycles. The minimum atomic E-state index is -0.688. The zero-order valence-corrected chi connectivity index (χ0v) is 19.5. The van der Waals surface area contributed by atoms with Gasteiger partial charge in [0, 0.05) is 17.7 Å². The average molecular weight is 497 g/mol. The summed E-state index contributed by atoms with van der Waals surface area (Å²) < 4.78 is 11.0. The van der Waals surface area contributed by atoms with Crippen LogP contribution in [0, 0.1) is 0 Å². The number of carbonyl (C=O) groups is 3. The summed E-state index contributed by atoms with van der Waals surface area (Å²) in [6.45, 7) is 0.163. The molecule has 0 aliphatic heterocycles. The van der Waals surface area contributed by atoms with Gasteiger partial charge in [0.15, 0.2) is 0 Å². The van der Waals surface area contributed by atoms with Gasteiger partial charge in [-0.2, -0.15) is 5.10 Å². The summed E-state index contributed by atoms with van der Waals surface area (Å²) in [6.07, 6.45) is 3.01. The van der Waals surface area contributed by atoms with E-state index in [-0.39, 0.29) is 49.0 Å². The first kappa shape index (κ1) is 24.9. The highest BCUT2D eigenvalue weighted by Crippen LogP contribution is 2.34. The molecule has 1 aliphatic carbocycles. The molecule has 2 aromatic rings. The number of rotatable bonds is 9. The van der Waals surface area contributed by atoms with E-state index in [4.69, 9.17) is 32.7 Å². The number of carbonyl (C=O) groups excluding carboxylic acids is 3. The van der Waals surface area contributed by atoms with Gasteiger partial charge in [0.2, 0.25) is 5.91 Å². The van der Waals surface area contributed by atoms with E-state index in [1.54, 1.807) is 30.3 Å². The maximum atomic E-state index is 12.7. The number of hydrogen-bond acceptors (Lipinski definition) is 6. The lowest BCUT2D eigenvalue weighted by atomic mass is 10.0. The Morgan fingerprint density at radius 3 is 2.33 bits per heavy atom. The molecule has 0 spiro atoms. The van der Waals surface area contributed by atoms with Crippen molar-refractivity contribution in [3.63, 3.8) is 0 Å². The van der Waals surface area contributed by atoms with Crippen LogP contribution >= 0.6 is 23.2 Å². The smallest absolute Gasteiger partial charge is 0.436 e. The lowest BCUT2D eigenvalue weighted by molar-refractivity contribution is -0.115. The molecule has 33 heavy (non-hydrogen) atoms. The molecule has 9 nitrogen and oxygen atoms in total. The molecule has 0 bridgehead atoms. The zero-order chi connectivity index (χ0) is 23.6. The third-order valence-electron chi connectivity index (χ3n) is 5.12. The van der Waals surface area contributed by atoms with Crippen molar-refractivity contribution in [1.29, 1.82) is 0 Å². The number of ether oxygens (including phenoxy) is 2. The third-order valence-corrected chi connectivity index (χ3v) is 5.43. The van der Waals surface area contributed by atoms with Crippen LogP contribution in [0.2, 0.25) is 0 Å². The van der Waals surface area contributed by atoms with E-state index in [1.807, 2.05) is 0 Å². The van der Waals surface area contributed by atoms with Crippen molar-refractivity contribution in [3.8, 4) is 0 Å². The molecule has 11 heteroatoms. The molecular weight excluding hydrogens is 471 g/mol. The Morgan fingerprint density at radius 1 is 1.00 bits per heavy atom. The summed E-state index contributed by atoms with van der Waals surface area (Å²) in [4.78, 5) is 36.6. The number of anilines is 2. The molecule has 0 radical (unpaired) electrons. The first-order valence-corrected chi connectivity index (χ1v) is 11.8. The van der Waals surface area contributed by atoms with Crippen molar-refractivity contribution in [2.45, 2.75) is 38.0 Å². The van der Waals surface area contributed by atoms with E-state index < -0.39 is 12.2 Å². The van der Waals surface area contributed by atoms with Crippen LogP contribution in [-0.2, 0) is 20.7 Å². The van der Waals surface area contributed by atoms with Crippen LogP contribution in [0.25, 0.3) is 0 Å². The fourth-order valence-corrected chi connectivity index (χ4v) is 3.75. The molecular formula is C22H26Cl2N4O5. The summed E-state index contributed by atoms with van der Waals surface area (Å²) in [5, 5.41) is 9.72. The quantitative estimate of drug-likeness (QED) is 0.485. The summed E-state index contributed by atoms with van der Waals surface area (Å²) in [6, 6.07) is 8.49. The van der Waals surface area contributed by atoms with Gasteiger partial charge in [-0.1, -0.05) is 25.0 Å². The van der Waals surface area contributed by atoms with Crippen LogP contribution in [-0.4, -0.2) is 52.8 Å². The van der Waals surface area contributed by atoms with Gasteiger partial charge in [0.05, 0.1) is 23.9 Å². The monoisotopic (exact) mass is 496 g/mol. The normalized spacial score (nSPS) is 13.5. The number of hydrogen-bond donors (Lipinski definition) is 2. The first-order chi connectivity index (χ1) is 16.0. The van der Waals surface area contributed by atoms with E-state index in [9.17, 15) is 14.4 Å². The molecule has 2 amide bonds. The van der Waals surface area contributed by atoms with Crippen molar-refractivity contribution >= 4 is 52.8 Å². The van der Waals surface area contributed by atoms with Crippen LogP contribution in [0.1, 0.15) is 42.9 Å². The number of halogens is 2. The van der Waals surface area contributed by atoms with Gasteiger partial charge in [-0.15, -0.1) is 27.9 Å². The van der Waals surface area contributed by atoms with Crippen LogP contribution in [0.5, 0.6) is 0 Å². The van der Waals surface area contributed by atoms with Crippen LogP contribution < -0.4 is 10.6 Å². The second-order valence-electron chi connectivity index (χ2n) is 7.52. The Hall–Kier alpha value is -2.78. The minimum absolute atomic E-state index is 0.0478. The predicted molar refractivity (Wildman–Crippen MR) is 125 cm³/mol. The number of nitrogens with zero attached hydrogens (tertiary/aromatic N) is 2. The molecule has 1 aromatic carbocycles. The lowest BCUT2D eigenvalue weighted by Crippen LogP contribution is -2.22. The Bertz CT molecular complexity index is 958. The van der Waals surface area contributed by atoms with E-state index >= 15 is 0 Å². The molecule has 1 heterocycles. The van der Waals surface area contributed by atoms with E-state index in [0.29, 0.717) is 5.69 Å². The average Bonchev–Trinajstić information content (AvgIpc) is 3.47. The van der Waals surface area contributed by atoms with Gasteiger partial charge in [0.25, 0.3) is 0 Å². The third kappa shape index (κ3) is 7.36. The highest BCUT2D eigenvalue weighted by atomic mass is 35.5. The number of amides is 2. The van der Waals surface area contributed by atoms with Gasteiger partial charge in [-0.3, -0.25) is 10.1 Å². The summed E-state index contributed by atoms with van der Waals surface area (Å²) in [5.74, 6) is 0.592. The molecule has 3 rings (SSSR count). The summed E-state index contributed by atoms with van der Waals surface area (Å²) in [5.41, 5.74) is 2.01. The maximum Gasteiger partial charge on any atom is 0.436 e. The van der Waals surface area contributed by atoms with Crippen molar-refractivity contribution in [2.24, 2.45) is 0 Å². The van der Waals surface area contributed by atoms with Gasteiger partial charge in [-0.05, 0) is 30.5 Å². The molecule has 1 aromatic heterocycles. The zero-order valence-electron chi connectivity index (χ0n) is 18.0. The van der Waals surface area contributed by atoms with Crippen LogP contribution in [0.3, 0.4) is 0 Å². The van der Waals surface area contributed by atoms with Gasteiger partial charge < -0.3 is 14.8 Å². The molecule has 178 valence electrons. The summed E-state index contributed by atoms with van der Waals surface area (Å²) in [7, 11) is 0. The topological polar surface area (TPSA) is 112 Å².